The zero-order valence-corrected chi connectivity index (χ0v) is 64.1. The van der Waals surface area contributed by atoms with E-state index in [1.165, 1.54) is 173 Å². The normalized spacial score (nSPS) is 14.4. The largest absolute Gasteiger partial charge is 0.472 e. The van der Waals surface area contributed by atoms with Gasteiger partial charge in [0.15, 0.2) is 12.2 Å². The Kier molecular flexibility index (Phi) is 64.0. The topological polar surface area (TPSA) is 237 Å². The summed E-state index contributed by atoms with van der Waals surface area (Å²) in [6.07, 6.45) is 50.3. The van der Waals surface area contributed by atoms with Crippen molar-refractivity contribution in [1.82, 2.24) is 0 Å². The smallest absolute Gasteiger partial charge is 0.462 e. The number of hydrogen-bond acceptors (Lipinski definition) is 15. The number of rotatable bonds is 73. The molecule has 3 unspecified atom stereocenters. The number of carbonyl (C=O) groups is 4. The number of ether oxygens (including phenoxy) is 4. The molecule has 0 bridgehead atoms. The van der Waals surface area contributed by atoms with Gasteiger partial charge < -0.3 is 33.8 Å². The quantitative estimate of drug-likeness (QED) is 0.0222. The highest BCUT2D eigenvalue weighted by molar-refractivity contribution is 7.47. The lowest BCUT2D eigenvalue weighted by Gasteiger charge is -2.21. The van der Waals surface area contributed by atoms with Gasteiger partial charge in [-0.2, -0.15) is 0 Å². The minimum absolute atomic E-state index is 0.105. The zero-order chi connectivity index (χ0) is 70.3. The Morgan fingerprint density at radius 1 is 0.295 bits per heavy atom. The van der Waals surface area contributed by atoms with Gasteiger partial charge in [0, 0.05) is 25.7 Å². The number of esters is 4. The maximum Gasteiger partial charge on any atom is 0.472 e. The number of hydrogen-bond donors (Lipinski definition) is 3. The van der Waals surface area contributed by atoms with Crippen molar-refractivity contribution in [3.05, 3.63) is 0 Å². The second kappa shape index (κ2) is 65.4. The molecule has 0 saturated heterocycles. The second-order valence-corrected chi connectivity index (χ2v) is 32.0. The molecule has 0 saturated carbocycles. The lowest BCUT2D eigenvalue weighted by atomic mass is 10.00. The molecule has 0 heterocycles. The van der Waals surface area contributed by atoms with E-state index in [2.05, 4.69) is 55.4 Å². The molecule has 0 rings (SSSR count). The Bertz CT molecular complexity index is 1870. The summed E-state index contributed by atoms with van der Waals surface area (Å²) >= 11 is 0. The fraction of sp³-hybridized carbons (Fsp3) is 0.947. The third kappa shape index (κ3) is 69.0. The van der Waals surface area contributed by atoms with Crippen LogP contribution in [-0.2, 0) is 65.4 Å². The van der Waals surface area contributed by atoms with Crippen molar-refractivity contribution in [2.75, 3.05) is 39.6 Å². The molecular formula is C76H148O17P2. The van der Waals surface area contributed by atoms with Gasteiger partial charge in [0.25, 0.3) is 0 Å². The summed E-state index contributed by atoms with van der Waals surface area (Å²) in [5.74, 6) is 0.882. The standard InChI is InChI=1S/C76H148O17P2/c1-9-69(8)55-47-39-33-35-41-49-57-74(79)87-63-72(93-76(81)59-51-43-31-27-23-19-18-21-25-29-37-45-53-67(4)5)65-91-95(84,85)89-61-70(77)60-88-94(82,83)90-64-71(62-86-73(78)56-48-40-34-32-38-46-54-68(6)7)92-75(80)58-50-42-30-26-22-17-15-13-11-10-12-14-16-20-24-28-36-44-52-66(2)3/h66-72,77H,9-65H2,1-8H3,(H,82,83)(H,84,85)/t69?,70-,71-,72-/m1/s1. The fourth-order valence-corrected chi connectivity index (χ4v) is 13.1. The van der Waals surface area contributed by atoms with E-state index in [-0.39, 0.29) is 25.7 Å². The predicted molar refractivity (Wildman–Crippen MR) is 386 cm³/mol. The molecule has 0 aromatic carbocycles. The maximum atomic E-state index is 13.1. The molecule has 0 spiro atoms. The Morgan fingerprint density at radius 2 is 0.505 bits per heavy atom. The summed E-state index contributed by atoms with van der Waals surface area (Å²) in [6, 6.07) is 0. The Labute approximate surface area is 581 Å². The van der Waals surface area contributed by atoms with Crippen molar-refractivity contribution in [1.29, 1.82) is 0 Å². The molecule has 0 radical (unpaired) electrons. The lowest BCUT2D eigenvalue weighted by molar-refractivity contribution is -0.161. The van der Waals surface area contributed by atoms with Crippen molar-refractivity contribution in [3.8, 4) is 0 Å². The maximum absolute atomic E-state index is 13.1. The molecule has 0 aliphatic heterocycles. The third-order valence-electron chi connectivity index (χ3n) is 17.9. The van der Waals surface area contributed by atoms with Crippen molar-refractivity contribution < 1.29 is 80.2 Å². The van der Waals surface area contributed by atoms with Gasteiger partial charge in [-0.15, -0.1) is 0 Å². The summed E-state index contributed by atoms with van der Waals surface area (Å²) in [6.45, 7) is 14.1. The fourth-order valence-electron chi connectivity index (χ4n) is 11.5. The molecule has 0 amide bonds. The van der Waals surface area contributed by atoms with Crippen LogP contribution in [0.2, 0.25) is 0 Å². The average molecular weight is 1400 g/mol. The molecule has 0 aromatic rings. The van der Waals surface area contributed by atoms with E-state index in [1.54, 1.807) is 0 Å². The third-order valence-corrected chi connectivity index (χ3v) is 19.8. The summed E-state index contributed by atoms with van der Waals surface area (Å²) in [5.41, 5.74) is 0. The van der Waals surface area contributed by atoms with E-state index in [9.17, 15) is 43.2 Å². The van der Waals surface area contributed by atoms with Gasteiger partial charge in [0.2, 0.25) is 0 Å². The van der Waals surface area contributed by atoms with Gasteiger partial charge in [-0.05, 0) is 49.4 Å². The summed E-state index contributed by atoms with van der Waals surface area (Å²) < 4.78 is 68.4. The Hall–Kier alpha value is -1.94. The number of unbranched alkanes of at least 4 members (excludes halogenated alkanes) is 38. The monoisotopic (exact) mass is 1400 g/mol. The van der Waals surface area contributed by atoms with Crippen LogP contribution in [-0.4, -0.2) is 96.7 Å². The predicted octanol–water partition coefficient (Wildman–Crippen LogP) is 22.0. The summed E-state index contributed by atoms with van der Waals surface area (Å²) in [7, 11) is -9.91. The minimum Gasteiger partial charge on any atom is -0.462 e. The summed E-state index contributed by atoms with van der Waals surface area (Å²) in [4.78, 5) is 72.7. The highest BCUT2D eigenvalue weighted by atomic mass is 31.2. The number of phosphoric ester groups is 2. The zero-order valence-electron chi connectivity index (χ0n) is 62.3. The second-order valence-electron chi connectivity index (χ2n) is 29.1. The van der Waals surface area contributed by atoms with E-state index in [4.69, 9.17) is 37.0 Å². The van der Waals surface area contributed by atoms with Crippen LogP contribution in [0.25, 0.3) is 0 Å². The highest BCUT2D eigenvalue weighted by Crippen LogP contribution is 2.45. The minimum atomic E-state index is -4.96. The molecule has 17 nitrogen and oxygen atoms in total. The van der Waals surface area contributed by atoms with Crippen LogP contribution in [0.4, 0.5) is 0 Å². The first-order valence-electron chi connectivity index (χ1n) is 39.2. The number of phosphoric acid groups is 2. The van der Waals surface area contributed by atoms with Crippen LogP contribution < -0.4 is 0 Å². The molecule has 6 atom stereocenters. The Balaban J connectivity index is 5.16. The SMILES string of the molecule is CCC(C)CCCCCCCCC(=O)OC[C@H](COP(=O)(O)OC[C@H](O)COP(=O)(O)OC[C@@H](COC(=O)CCCCCCCCC(C)C)OC(=O)CCCCCCCCCCCCCCCCCCCCC(C)C)OC(=O)CCCCCCCCCCCCCCC(C)C. The van der Waals surface area contributed by atoms with Crippen LogP contribution in [0.5, 0.6) is 0 Å². The van der Waals surface area contributed by atoms with Gasteiger partial charge in [0.1, 0.15) is 19.3 Å². The Morgan fingerprint density at radius 3 is 0.747 bits per heavy atom. The molecular weight excluding hydrogens is 1250 g/mol. The van der Waals surface area contributed by atoms with E-state index in [0.717, 1.165) is 120 Å². The highest BCUT2D eigenvalue weighted by Gasteiger charge is 2.30. The van der Waals surface area contributed by atoms with Crippen LogP contribution >= 0.6 is 15.6 Å². The first kappa shape index (κ1) is 93.1. The number of aliphatic hydroxyl groups is 1. The van der Waals surface area contributed by atoms with Crippen LogP contribution in [0.3, 0.4) is 0 Å². The average Bonchev–Trinajstić information content (AvgIpc) is 1.98. The van der Waals surface area contributed by atoms with Gasteiger partial charge in [0.05, 0.1) is 26.4 Å². The lowest BCUT2D eigenvalue weighted by Crippen LogP contribution is -2.30. The molecule has 564 valence electrons. The first-order valence-corrected chi connectivity index (χ1v) is 42.2. The van der Waals surface area contributed by atoms with E-state index in [0.29, 0.717) is 31.6 Å². The molecule has 95 heavy (non-hydrogen) atoms. The van der Waals surface area contributed by atoms with Gasteiger partial charge in [-0.25, -0.2) is 9.13 Å². The van der Waals surface area contributed by atoms with E-state index < -0.39 is 97.5 Å². The number of carbonyl (C=O) groups excluding carboxylic acids is 4. The van der Waals surface area contributed by atoms with Crippen molar-refractivity contribution >= 4 is 39.5 Å². The molecule has 0 aliphatic rings. The van der Waals surface area contributed by atoms with Crippen LogP contribution in [0.15, 0.2) is 0 Å². The van der Waals surface area contributed by atoms with Gasteiger partial charge in [-0.1, -0.05) is 331 Å². The molecule has 0 aromatic heterocycles. The van der Waals surface area contributed by atoms with E-state index in [1.807, 2.05) is 0 Å². The van der Waals surface area contributed by atoms with Crippen LogP contribution in [0.1, 0.15) is 383 Å². The van der Waals surface area contributed by atoms with Gasteiger partial charge >= 0.3 is 39.5 Å². The summed E-state index contributed by atoms with van der Waals surface area (Å²) in [5, 5.41) is 10.6. The molecule has 0 aliphatic carbocycles. The van der Waals surface area contributed by atoms with Crippen molar-refractivity contribution in [2.24, 2.45) is 23.7 Å². The first-order chi connectivity index (χ1) is 45.6. The molecule has 3 N–H and O–H groups in total. The van der Waals surface area contributed by atoms with Crippen LogP contribution in [0, 0.1) is 23.7 Å². The van der Waals surface area contributed by atoms with E-state index >= 15 is 0 Å². The van der Waals surface area contributed by atoms with Crippen molar-refractivity contribution in [2.45, 2.75) is 401 Å². The molecule has 19 heteroatoms. The van der Waals surface area contributed by atoms with Gasteiger partial charge in [-0.3, -0.25) is 37.3 Å². The van der Waals surface area contributed by atoms with Crippen molar-refractivity contribution in [3.63, 3.8) is 0 Å². The molecule has 0 fully saturated rings. The number of aliphatic hydroxyl groups excluding tert-OH is 1.